The Kier molecular flexibility index (Phi) is 7.51. The number of rotatable bonds is 8. The van der Waals surface area contributed by atoms with E-state index >= 15 is 0 Å². The summed E-state index contributed by atoms with van der Waals surface area (Å²) in [5.74, 6) is 0.473. The summed E-state index contributed by atoms with van der Waals surface area (Å²) in [5, 5.41) is 3.01. The normalized spacial score (nSPS) is 10.6. The summed E-state index contributed by atoms with van der Waals surface area (Å²) >= 11 is 3.44. The van der Waals surface area contributed by atoms with Gasteiger partial charge in [0.2, 0.25) is 0 Å². The summed E-state index contributed by atoms with van der Waals surface area (Å²) in [4.78, 5) is 12.8. The minimum Gasteiger partial charge on any atom is -0.493 e. The second-order valence-electron chi connectivity index (χ2n) is 6.32. The lowest BCUT2D eigenvalue weighted by Crippen LogP contribution is -2.15. The highest BCUT2D eigenvalue weighted by molar-refractivity contribution is 9.10. The van der Waals surface area contributed by atoms with E-state index in [1.807, 2.05) is 50.2 Å². The molecule has 0 radical (unpaired) electrons. The van der Waals surface area contributed by atoms with Crippen molar-refractivity contribution in [2.24, 2.45) is 0 Å². The van der Waals surface area contributed by atoms with Gasteiger partial charge in [0.15, 0.2) is 0 Å². The maximum Gasteiger partial charge on any atom is 0.259 e. The van der Waals surface area contributed by atoms with Crippen LogP contribution in [0.15, 0.2) is 40.9 Å². The van der Waals surface area contributed by atoms with Crippen LogP contribution in [0.2, 0.25) is 0 Å². The average molecular weight is 404 g/mol. The maximum absolute atomic E-state index is 12.8. The van der Waals surface area contributed by atoms with Crippen molar-refractivity contribution >= 4 is 27.5 Å². The molecule has 3 nitrogen and oxygen atoms in total. The molecule has 0 aromatic heterocycles. The van der Waals surface area contributed by atoms with Gasteiger partial charge in [-0.15, -0.1) is 0 Å². The summed E-state index contributed by atoms with van der Waals surface area (Å²) in [5.41, 5.74) is 3.53. The molecule has 0 atom stereocenters. The lowest BCUT2D eigenvalue weighted by atomic mass is 10.1. The Balaban J connectivity index is 2.12. The summed E-state index contributed by atoms with van der Waals surface area (Å²) < 4.78 is 6.73. The number of hydrogen-bond acceptors (Lipinski definition) is 2. The Morgan fingerprint density at radius 3 is 2.64 bits per heavy atom. The molecule has 0 spiro atoms. The van der Waals surface area contributed by atoms with Crippen LogP contribution in [0.1, 0.15) is 54.1 Å². The number of halogens is 1. The van der Waals surface area contributed by atoms with Crippen LogP contribution < -0.4 is 10.1 Å². The van der Waals surface area contributed by atoms with Gasteiger partial charge in [-0.25, -0.2) is 0 Å². The number of aryl methyl sites for hydroxylation is 2. The van der Waals surface area contributed by atoms with Crippen LogP contribution in [0.5, 0.6) is 5.75 Å². The van der Waals surface area contributed by atoms with Crippen molar-refractivity contribution in [3.05, 3.63) is 57.6 Å². The first-order valence-corrected chi connectivity index (χ1v) is 9.61. The molecule has 0 unspecified atom stereocenters. The van der Waals surface area contributed by atoms with Crippen LogP contribution in [0, 0.1) is 13.8 Å². The fraction of sp³-hybridized carbons (Fsp3) is 0.381. The number of benzene rings is 2. The molecule has 0 fully saturated rings. The van der Waals surface area contributed by atoms with E-state index in [9.17, 15) is 4.79 Å². The van der Waals surface area contributed by atoms with Crippen molar-refractivity contribution in [1.29, 1.82) is 0 Å². The van der Waals surface area contributed by atoms with E-state index in [-0.39, 0.29) is 5.91 Å². The molecule has 0 aliphatic carbocycles. The standard InChI is InChI=1S/C21H26BrNO2/c1-4-5-6-7-12-25-20-11-10-17(22)14-18(20)21(24)23-19-13-15(2)8-9-16(19)3/h8-11,13-14H,4-7,12H2,1-3H3,(H,23,24). The first-order valence-electron chi connectivity index (χ1n) is 8.82. The number of nitrogens with one attached hydrogen (secondary N) is 1. The van der Waals surface area contributed by atoms with Crippen molar-refractivity contribution in [2.45, 2.75) is 46.5 Å². The third-order valence-electron chi connectivity index (χ3n) is 4.08. The van der Waals surface area contributed by atoms with E-state index in [4.69, 9.17) is 4.74 Å². The van der Waals surface area contributed by atoms with Gasteiger partial charge < -0.3 is 10.1 Å². The van der Waals surface area contributed by atoms with Gasteiger partial charge in [-0.2, -0.15) is 0 Å². The Morgan fingerprint density at radius 1 is 1.08 bits per heavy atom. The average Bonchev–Trinajstić information content (AvgIpc) is 2.59. The number of unbranched alkanes of at least 4 members (excludes halogenated alkanes) is 3. The van der Waals surface area contributed by atoms with E-state index in [1.165, 1.54) is 12.8 Å². The molecule has 1 N–H and O–H groups in total. The largest absolute Gasteiger partial charge is 0.493 e. The highest BCUT2D eigenvalue weighted by atomic mass is 79.9. The molecule has 0 bridgehead atoms. The fourth-order valence-corrected chi connectivity index (χ4v) is 2.94. The SMILES string of the molecule is CCCCCCOc1ccc(Br)cc1C(=O)Nc1cc(C)ccc1C. The van der Waals surface area contributed by atoms with Crippen LogP contribution >= 0.6 is 15.9 Å². The van der Waals surface area contributed by atoms with E-state index in [1.54, 1.807) is 0 Å². The molecule has 2 aromatic rings. The third kappa shape index (κ3) is 5.89. The number of ether oxygens (including phenoxy) is 1. The van der Waals surface area contributed by atoms with Gasteiger partial charge in [0, 0.05) is 10.2 Å². The quantitative estimate of drug-likeness (QED) is 0.526. The second-order valence-corrected chi connectivity index (χ2v) is 7.24. The molecule has 4 heteroatoms. The molecule has 1 amide bonds. The predicted molar refractivity (Wildman–Crippen MR) is 108 cm³/mol. The zero-order chi connectivity index (χ0) is 18.2. The van der Waals surface area contributed by atoms with Crippen LogP contribution in [0.4, 0.5) is 5.69 Å². The number of carbonyl (C=O) groups excluding carboxylic acids is 1. The molecule has 0 saturated heterocycles. The van der Waals surface area contributed by atoms with E-state index < -0.39 is 0 Å². The topological polar surface area (TPSA) is 38.3 Å². The van der Waals surface area contributed by atoms with Crippen molar-refractivity contribution in [2.75, 3.05) is 11.9 Å². The summed E-state index contributed by atoms with van der Waals surface area (Å²) in [6, 6.07) is 11.6. The summed E-state index contributed by atoms with van der Waals surface area (Å²) in [6.07, 6.45) is 4.56. The van der Waals surface area contributed by atoms with Gasteiger partial charge in [0.25, 0.3) is 5.91 Å². The van der Waals surface area contributed by atoms with Crippen LogP contribution in [-0.2, 0) is 0 Å². The molecular formula is C21H26BrNO2. The monoisotopic (exact) mass is 403 g/mol. The molecular weight excluding hydrogens is 378 g/mol. The molecule has 0 heterocycles. The summed E-state index contributed by atoms with van der Waals surface area (Å²) in [7, 11) is 0. The van der Waals surface area contributed by atoms with Gasteiger partial charge in [-0.05, 0) is 55.7 Å². The van der Waals surface area contributed by atoms with E-state index in [0.29, 0.717) is 17.9 Å². The van der Waals surface area contributed by atoms with Crippen LogP contribution in [0.3, 0.4) is 0 Å². The lowest BCUT2D eigenvalue weighted by Gasteiger charge is -2.14. The maximum atomic E-state index is 12.8. The zero-order valence-corrected chi connectivity index (χ0v) is 16.8. The van der Waals surface area contributed by atoms with Gasteiger partial charge >= 0.3 is 0 Å². The smallest absolute Gasteiger partial charge is 0.259 e. The Labute approximate surface area is 158 Å². The lowest BCUT2D eigenvalue weighted by molar-refractivity contribution is 0.102. The summed E-state index contributed by atoms with van der Waals surface area (Å²) in [6.45, 7) is 6.82. The fourth-order valence-electron chi connectivity index (χ4n) is 2.58. The molecule has 0 aliphatic rings. The number of amides is 1. The van der Waals surface area contributed by atoms with Gasteiger partial charge in [0.1, 0.15) is 5.75 Å². The number of carbonyl (C=O) groups is 1. The van der Waals surface area contributed by atoms with Gasteiger partial charge in [-0.1, -0.05) is 54.2 Å². The van der Waals surface area contributed by atoms with Crippen molar-refractivity contribution in [1.82, 2.24) is 0 Å². The van der Waals surface area contributed by atoms with Crippen molar-refractivity contribution < 1.29 is 9.53 Å². The van der Waals surface area contributed by atoms with Crippen LogP contribution in [-0.4, -0.2) is 12.5 Å². The molecule has 134 valence electrons. The van der Waals surface area contributed by atoms with Crippen molar-refractivity contribution in [3.8, 4) is 5.75 Å². The van der Waals surface area contributed by atoms with Gasteiger partial charge in [0.05, 0.1) is 12.2 Å². The minimum absolute atomic E-state index is 0.154. The molecule has 0 saturated carbocycles. The third-order valence-corrected chi connectivity index (χ3v) is 4.58. The Morgan fingerprint density at radius 2 is 1.88 bits per heavy atom. The van der Waals surface area contributed by atoms with E-state index in [2.05, 4.69) is 28.2 Å². The first-order chi connectivity index (χ1) is 12.0. The van der Waals surface area contributed by atoms with Gasteiger partial charge in [-0.3, -0.25) is 4.79 Å². The number of hydrogen-bond donors (Lipinski definition) is 1. The highest BCUT2D eigenvalue weighted by Crippen LogP contribution is 2.26. The second kappa shape index (κ2) is 9.62. The number of anilines is 1. The molecule has 2 aromatic carbocycles. The Hall–Kier alpha value is -1.81. The zero-order valence-electron chi connectivity index (χ0n) is 15.2. The predicted octanol–water partition coefficient (Wildman–Crippen LogP) is 6.28. The minimum atomic E-state index is -0.154. The molecule has 2 rings (SSSR count). The van der Waals surface area contributed by atoms with Crippen molar-refractivity contribution in [3.63, 3.8) is 0 Å². The molecule has 25 heavy (non-hydrogen) atoms. The highest BCUT2D eigenvalue weighted by Gasteiger charge is 2.14. The van der Waals surface area contributed by atoms with E-state index in [0.717, 1.165) is 34.1 Å². The molecule has 0 aliphatic heterocycles. The Bertz CT molecular complexity index is 728. The first kappa shape index (κ1) is 19.5. The van der Waals surface area contributed by atoms with Crippen LogP contribution in [0.25, 0.3) is 0 Å².